The van der Waals surface area contributed by atoms with Crippen molar-refractivity contribution in [3.63, 3.8) is 0 Å². The molecule has 0 saturated heterocycles. The normalized spacial score (nSPS) is 10.9. The predicted molar refractivity (Wildman–Crippen MR) is 110 cm³/mol. The van der Waals surface area contributed by atoms with Gasteiger partial charge in [0.2, 0.25) is 11.9 Å². The van der Waals surface area contributed by atoms with Gasteiger partial charge in [-0.25, -0.2) is 15.0 Å². The van der Waals surface area contributed by atoms with Crippen LogP contribution < -0.4 is 10.6 Å². The minimum atomic E-state index is 0.383. The van der Waals surface area contributed by atoms with E-state index in [1.807, 2.05) is 51.7 Å². The summed E-state index contributed by atoms with van der Waals surface area (Å²) in [4.78, 5) is 22.2. The van der Waals surface area contributed by atoms with Crippen LogP contribution in [-0.4, -0.2) is 29.5 Å². The third-order valence-corrected chi connectivity index (χ3v) is 4.68. The highest BCUT2D eigenvalue weighted by molar-refractivity contribution is 7.08. The Bertz CT molecular complexity index is 1200. The summed E-state index contributed by atoms with van der Waals surface area (Å²) < 4.78 is 1.93. The van der Waals surface area contributed by atoms with Crippen LogP contribution in [0.3, 0.4) is 0 Å². The highest BCUT2D eigenvalue weighted by Gasteiger charge is 2.15. The standard InChI is InChI=1S/C19H14N8S/c1-2-5-13(6-3-1)23-16-15-17(27(12-22-15)14-7-10-28-11-14)25-19(24-16)26-18-20-8-4-9-21-18/h1-12H,(H2,20,21,23,24,25,26). The van der Waals surface area contributed by atoms with Gasteiger partial charge in [-0.3, -0.25) is 9.88 Å². The lowest BCUT2D eigenvalue weighted by molar-refractivity contribution is 1.06. The number of benzene rings is 1. The van der Waals surface area contributed by atoms with E-state index < -0.39 is 0 Å². The van der Waals surface area contributed by atoms with Crippen LogP contribution in [0.1, 0.15) is 0 Å². The van der Waals surface area contributed by atoms with E-state index in [9.17, 15) is 0 Å². The van der Waals surface area contributed by atoms with Gasteiger partial charge in [0.1, 0.15) is 6.33 Å². The molecule has 0 aliphatic heterocycles. The fourth-order valence-corrected chi connectivity index (χ4v) is 3.38. The molecule has 0 unspecified atom stereocenters. The number of nitrogens with zero attached hydrogens (tertiary/aromatic N) is 6. The Balaban J connectivity index is 1.64. The maximum absolute atomic E-state index is 4.65. The lowest BCUT2D eigenvalue weighted by atomic mass is 10.3. The molecule has 2 N–H and O–H groups in total. The molecule has 0 aliphatic rings. The molecule has 0 spiro atoms. The molecule has 28 heavy (non-hydrogen) atoms. The van der Waals surface area contributed by atoms with Gasteiger partial charge in [-0.15, -0.1) is 0 Å². The monoisotopic (exact) mass is 386 g/mol. The molecule has 1 aromatic carbocycles. The smallest absolute Gasteiger partial charge is 0.233 e. The highest BCUT2D eigenvalue weighted by atomic mass is 32.1. The molecule has 5 rings (SSSR count). The van der Waals surface area contributed by atoms with Crippen LogP contribution in [0.5, 0.6) is 0 Å². The molecule has 0 atom stereocenters. The average molecular weight is 386 g/mol. The summed E-state index contributed by atoms with van der Waals surface area (Å²) in [6.45, 7) is 0. The first-order valence-electron chi connectivity index (χ1n) is 8.50. The summed E-state index contributed by atoms with van der Waals surface area (Å²) in [6.07, 6.45) is 5.07. The second-order valence-electron chi connectivity index (χ2n) is 5.85. The first-order chi connectivity index (χ1) is 13.9. The van der Waals surface area contributed by atoms with Crippen molar-refractivity contribution < 1.29 is 0 Å². The van der Waals surface area contributed by atoms with Gasteiger partial charge in [-0.1, -0.05) is 18.2 Å². The van der Waals surface area contributed by atoms with Crippen molar-refractivity contribution in [3.05, 3.63) is 71.9 Å². The maximum atomic E-state index is 4.65. The number of nitrogens with one attached hydrogen (secondary N) is 2. The van der Waals surface area contributed by atoms with Gasteiger partial charge >= 0.3 is 0 Å². The minimum Gasteiger partial charge on any atom is -0.338 e. The lowest BCUT2D eigenvalue weighted by Gasteiger charge is -2.10. The Hall–Kier alpha value is -3.85. The molecule has 0 aliphatic carbocycles. The van der Waals surface area contributed by atoms with Crippen molar-refractivity contribution in [3.8, 4) is 5.69 Å². The minimum absolute atomic E-state index is 0.383. The molecular formula is C19H14N8S. The lowest BCUT2D eigenvalue weighted by Crippen LogP contribution is -2.05. The SMILES string of the molecule is c1ccc(Nc2nc(Nc3ncccn3)nc3c2ncn3-c2ccsc2)cc1. The Morgan fingerprint density at radius 1 is 0.821 bits per heavy atom. The van der Waals surface area contributed by atoms with E-state index in [4.69, 9.17) is 0 Å². The molecule has 0 amide bonds. The molecule has 136 valence electrons. The zero-order valence-corrected chi connectivity index (χ0v) is 15.3. The molecule has 5 aromatic rings. The molecule has 8 nitrogen and oxygen atoms in total. The van der Waals surface area contributed by atoms with E-state index in [1.165, 1.54) is 0 Å². The number of rotatable bonds is 5. The van der Waals surface area contributed by atoms with E-state index in [0.717, 1.165) is 11.4 Å². The molecule has 4 heterocycles. The van der Waals surface area contributed by atoms with Crippen molar-refractivity contribution in [1.29, 1.82) is 0 Å². The largest absolute Gasteiger partial charge is 0.338 e. The molecule has 0 saturated carbocycles. The number of anilines is 4. The van der Waals surface area contributed by atoms with Gasteiger partial charge in [0.25, 0.3) is 0 Å². The number of fused-ring (bicyclic) bond motifs is 1. The fraction of sp³-hybridized carbons (Fsp3) is 0. The van der Waals surface area contributed by atoms with Crippen LogP contribution in [0.15, 0.2) is 71.9 Å². The first-order valence-corrected chi connectivity index (χ1v) is 9.45. The van der Waals surface area contributed by atoms with Crippen molar-refractivity contribution in [1.82, 2.24) is 29.5 Å². The summed E-state index contributed by atoms with van der Waals surface area (Å²) in [5.41, 5.74) is 3.27. The van der Waals surface area contributed by atoms with Crippen molar-refractivity contribution in [2.75, 3.05) is 10.6 Å². The maximum Gasteiger partial charge on any atom is 0.233 e. The van der Waals surface area contributed by atoms with Gasteiger partial charge < -0.3 is 5.32 Å². The zero-order valence-electron chi connectivity index (χ0n) is 14.5. The molecule has 0 fully saturated rings. The number of aromatic nitrogens is 6. The van der Waals surface area contributed by atoms with E-state index >= 15 is 0 Å². The second-order valence-corrected chi connectivity index (χ2v) is 6.63. The van der Waals surface area contributed by atoms with E-state index in [0.29, 0.717) is 28.9 Å². The topological polar surface area (TPSA) is 93.4 Å². The predicted octanol–water partition coefficient (Wildman–Crippen LogP) is 4.15. The number of thiophene rings is 1. The molecule has 0 bridgehead atoms. The van der Waals surface area contributed by atoms with Crippen molar-refractivity contribution >= 4 is 45.9 Å². The van der Waals surface area contributed by atoms with Gasteiger partial charge in [-0.05, 0) is 29.6 Å². The summed E-state index contributed by atoms with van der Waals surface area (Å²) in [6, 6.07) is 13.6. The molecule has 9 heteroatoms. The first kappa shape index (κ1) is 16.3. The number of imidazole rings is 1. The third kappa shape index (κ3) is 3.14. The van der Waals surface area contributed by atoms with Gasteiger partial charge in [0.15, 0.2) is 17.0 Å². The summed E-state index contributed by atoms with van der Waals surface area (Å²) in [5.74, 6) is 1.41. The Morgan fingerprint density at radius 2 is 1.68 bits per heavy atom. The van der Waals surface area contributed by atoms with Gasteiger partial charge in [-0.2, -0.15) is 21.3 Å². The van der Waals surface area contributed by atoms with Gasteiger partial charge in [0, 0.05) is 23.5 Å². The highest BCUT2D eigenvalue weighted by Crippen LogP contribution is 2.27. The van der Waals surface area contributed by atoms with Crippen LogP contribution in [0, 0.1) is 0 Å². The summed E-state index contributed by atoms with van der Waals surface area (Å²) in [5, 5.41) is 10.4. The number of hydrogen-bond donors (Lipinski definition) is 2. The van der Waals surface area contributed by atoms with E-state index in [2.05, 4.69) is 35.6 Å². The number of hydrogen-bond acceptors (Lipinski definition) is 8. The molecular weight excluding hydrogens is 372 g/mol. The van der Waals surface area contributed by atoms with Crippen LogP contribution in [0.2, 0.25) is 0 Å². The quantitative estimate of drug-likeness (QED) is 0.468. The average Bonchev–Trinajstić information content (AvgIpc) is 3.39. The zero-order chi connectivity index (χ0) is 18.8. The third-order valence-electron chi connectivity index (χ3n) is 4.01. The Labute approximate surface area is 164 Å². The van der Waals surface area contributed by atoms with Crippen molar-refractivity contribution in [2.45, 2.75) is 0 Å². The van der Waals surface area contributed by atoms with E-state index in [-0.39, 0.29) is 0 Å². The van der Waals surface area contributed by atoms with Crippen molar-refractivity contribution in [2.24, 2.45) is 0 Å². The van der Waals surface area contributed by atoms with Crippen LogP contribution in [0.4, 0.5) is 23.4 Å². The Kier molecular flexibility index (Phi) is 4.11. The van der Waals surface area contributed by atoms with Crippen LogP contribution in [-0.2, 0) is 0 Å². The fourth-order valence-electron chi connectivity index (χ4n) is 2.75. The van der Waals surface area contributed by atoms with E-state index in [1.54, 1.807) is 36.1 Å². The molecule has 0 radical (unpaired) electrons. The van der Waals surface area contributed by atoms with Crippen LogP contribution in [0.25, 0.3) is 16.9 Å². The molecule has 4 aromatic heterocycles. The summed E-state index contributed by atoms with van der Waals surface area (Å²) in [7, 11) is 0. The number of para-hydroxylation sites is 1. The Morgan fingerprint density at radius 3 is 2.46 bits per heavy atom. The second kappa shape index (κ2) is 7.05. The summed E-state index contributed by atoms with van der Waals surface area (Å²) >= 11 is 1.62. The van der Waals surface area contributed by atoms with Gasteiger partial charge in [0.05, 0.1) is 5.69 Å². The van der Waals surface area contributed by atoms with Crippen LogP contribution >= 0.6 is 11.3 Å².